The fraction of sp³-hybridized carbons (Fsp3) is 0.562. The smallest absolute Gasteiger partial charge is 0.317 e. The molecule has 0 aliphatic carbocycles. The number of morpholine rings is 1. The van der Waals surface area contributed by atoms with Crippen molar-refractivity contribution in [1.29, 1.82) is 0 Å². The molecule has 0 spiro atoms. The molecule has 7 nitrogen and oxygen atoms in total. The molecular formula is C16H24N2O5S. The van der Waals surface area contributed by atoms with Gasteiger partial charge in [-0.15, -0.1) is 0 Å². The number of rotatable bonds is 7. The highest BCUT2D eigenvalue weighted by molar-refractivity contribution is 7.91. The van der Waals surface area contributed by atoms with Crippen molar-refractivity contribution in [2.75, 3.05) is 50.5 Å². The van der Waals surface area contributed by atoms with Gasteiger partial charge in [0.25, 0.3) is 0 Å². The minimum atomic E-state index is -3.19. The minimum absolute atomic E-state index is 0.0244. The van der Waals surface area contributed by atoms with E-state index in [-0.39, 0.29) is 18.4 Å². The van der Waals surface area contributed by atoms with Crippen LogP contribution in [0.4, 0.5) is 5.69 Å². The Hall–Kier alpha value is -1.64. The first-order valence-corrected chi connectivity index (χ1v) is 9.56. The molecule has 1 saturated heterocycles. The van der Waals surface area contributed by atoms with E-state index in [1.807, 2.05) is 12.1 Å². The van der Waals surface area contributed by atoms with Gasteiger partial charge in [-0.05, 0) is 31.3 Å². The zero-order chi connectivity index (χ0) is 17.7. The molecule has 0 bridgehead atoms. The average molecular weight is 356 g/mol. The summed E-state index contributed by atoms with van der Waals surface area (Å²) in [4.78, 5) is 14.9. The number of likely N-dealkylation sites (N-methyl/N-ethyl adjacent to an activating group) is 1. The first kappa shape index (κ1) is 18.7. The molecule has 2 rings (SSSR count). The Morgan fingerprint density at radius 1 is 1.38 bits per heavy atom. The topological polar surface area (TPSA) is 87.2 Å². The van der Waals surface area contributed by atoms with Gasteiger partial charge in [0.05, 0.1) is 29.9 Å². The van der Waals surface area contributed by atoms with Crippen LogP contribution in [-0.4, -0.2) is 76.1 Å². The molecule has 1 fully saturated rings. The number of hydrogen-bond donors (Lipinski definition) is 1. The fourth-order valence-corrected chi connectivity index (χ4v) is 3.62. The summed E-state index contributed by atoms with van der Waals surface area (Å²) in [7, 11) is -1.44. The monoisotopic (exact) mass is 356 g/mol. The third-order valence-corrected chi connectivity index (χ3v) is 5.75. The summed E-state index contributed by atoms with van der Waals surface area (Å²) in [6.07, 6.45) is -0.0813. The first-order valence-electron chi connectivity index (χ1n) is 7.91. The number of hydrogen-bond acceptors (Lipinski definition) is 6. The number of nitrogens with zero attached hydrogens (tertiary/aromatic N) is 2. The Morgan fingerprint density at radius 3 is 2.62 bits per heavy atom. The quantitative estimate of drug-likeness (QED) is 0.769. The maximum Gasteiger partial charge on any atom is 0.317 e. The summed E-state index contributed by atoms with van der Waals surface area (Å²) in [6.45, 7) is 4.06. The zero-order valence-corrected chi connectivity index (χ0v) is 14.8. The molecule has 1 aliphatic rings. The Kier molecular flexibility index (Phi) is 6.20. The third kappa shape index (κ3) is 4.93. The van der Waals surface area contributed by atoms with Crippen molar-refractivity contribution in [1.82, 2.24) is 4.90 Å². The maximum absolute atomic E-state index is 11.9. The highest BCUT2D eigenvalue weighted by Crippen LogP contribution is 2.21. The molecule has 1 N–H and O–H groups in total. The molecule has 134 valence electrons. The Balaban J connectivity index is 2.00. The van der Waals surface area contributed by atoms with Gasteiger partial charge in [-0.1, -0.05) is 6.92 Å². The SMILES string of the molecule is CCS(=O)(=O)c1ccc(N2CCOC(CN(C)CC(=O)O)C2)cc1. The van der Waals surface area contributed by atoms with Gasteiger partial charge in [-0.25, -0.2) is 8.42 Å². The van der Waals surface area contributed by atoms with Crippen LogP contribution in [0, 0.1) is 0 Å². The number of aliphatic carboxylic acids is 1. The number of carbonyl (C=O) groups is 1. The summed E-state index contributed by atoms with van der Waals surface area (Å²) >= 11 is 0. The zero-order valence-electron chi connectivity index (χ0n) is 14.0. The molecule has 0 amide bonds. The van der Waals surface area contributed by atoms with E-state index in [1.165, 1.54) is 0 Å². The van der Waals surface area contributed by atoms with E-state index in [9.17, 15) is 13.2 Å². The van der Waals surface area contributed by atoms with Crippen LogP contribution < -0.4 is 4.90 Å². The molecule has 1 aliphatic heterocycles. The van der Waals surface area contributed by atoms with Gasteiger partial charge in [0.2, 0.25) is 0 Å². The summed E-state index contributed by atoms with van der Waals surface area (Å²) in [5.41, 5.74) is 0.944. The molecule has 1 unspecified atom stereocenters. The third-order valence-electron chi connectivity index (χ3n) is 4.00. The van der Waals surface area contributed by atoms with Gasteiger partial charge < -0.3 is 14.7 Å². The lowest BCUT2D eigenvalue weighted by Gasteiger charge is -2.36. The van der Waals surface area contributed by atoms with Crippen LogP contribution in [-0.2, 0) is 19.4 Å². The minimum Gasteiger partial charge on any atom is -0.480 e. The van der Waals surface area contributed by atoms with E-state index in [0.29, 0.717) is 24.6 Å². The predicted octanol–water partition coefficient (Wildman–Crippen LogP) is 0.702. The van der Waals surface area contributed by atoms with Crippen molar-refractivity contribution in [3.8, 4) is 0 Å². The second kappa shape index (κ2) is 7.96. The van der Waals surface area contributed by atoms with Gasteiger partial charge >= 0.3 is 5.97 Å². The average Bonchev–Trinajstić information content (AvgIpc) is 2.54. The Bertz CT molecular complexity index is 660. The van der Waals surface area contributed by atoms with E-state index in [2.05, 4.69) is 4.90 Å². The van der Waals surface area contributed by atoms with Crippen LogP contribution in [0.2, 0.25) is 0 Å². The van der Waals surface area contributed by atoms with E-state index in [1.54, 1.807) is 31.0 Å². The van der Waals surface area contributed by atoms with Gasteiger partial charge in [0.15, 0.2) is 9.84 Å². The van der Waals surface area contributed by atoms with Crippen LogP contribution in [0.5, 0.6) is 0 Å². The maximum atomic E-state index is 11.9. The summed E-state index contributed by atoms with van der Waals surface area (Å²) in [6, 6.07) is 6.89. The lowest BCUT2D eigenvalue weighted by atomic mass is 10.2. The predicted molar refractivity (Wildman–Crippen MR) is 91.3 cm³/mol. The van der Waals surface area contributed by atoms with Crippen molar-refractivity contribution < 1.29 is 23.1 Å². The van der Waals surface area contributed by atoms with Crippen LogP contribution in [0.3, 0.4) is 0 Å². The molecule has 1 aromatic rings. The van der Waals surface area contributed by atoms with Crippen LogP contribution >= 0.6 is 0 Å². The molecule has 24 heavy (non-hydrogen) atoms. The van der Waals surface area contributed by atoms with Crippen molar-refractivity contribution in [3.63, 3.8) is 0 Å². The second-order valence-electron chi connectivity index (χ2n) is 5.93. The summed E-state index contributed by atoms with van der Waals surface area (Å²) < 4.78 is 29.4. The lowest BCUT2D eigenvalue weighted by Crippen LogP contribution is -2.47. The molecule has 0 aromatic heterocycles. The number of benzene rings is 1. The van der Waals surface area contributed by atoms with Crippen molar-refractivity contribution in [3.05, 3.63) is 24.3 Å². The fourth-order valence-electron chi connectivity index (χ4n) is 2.74. The highest BCUT2D eigenvalue weighted by atomic mass is 32.2. The largest absolute Gasteiger partial charge is 0.480 e. The molecule has 8 heteroatoms. The second-order valence-corrected chi connectivity index (χ2v) is 8.20. The van der Waals surface area contributed by atoms with Crippen LogP contribution in [0.15, 0.2) is 29.2 Å². The van der Waals surface area contributed by atoms with E-state index in [4.69, 9.17) is 9.84 Å². The number of sulfone groups is 1. The van der Waals surface area contributed by atoms with Crippen LogP contribution in [0.25, 0.3) is 0 Å². The molecule has 1 heterocycles. The normalized spacial score (nSPS) is 18.8. The number of carboxylic acid groups (broad SMARTS) is 1. The van der Waals surface area contributed by atoms with E-state index < -0.39 is 15.8 Å². The molecule has 0 radical (unpaired) electrons. The van der Waals surface area contributed by atoms with Crippen LogP contribution in [0.1, 0.15) is 6.92 Å². The van der Waals surface area contributed by atoms with Gasteiger partial charge in [-0.3, -0.25) is 9.69 Å². The summed E-state index contributed by atoms with van der Waals surface area (Å²) in [5.74, 6) is -0.778. The van der Waals surface area contributed by atoms with Gasteiger partial charge in [-0.2, -0.15) is 0 Å². The molecule has 1 atom stereocenters. The van der Waals surface area contributed by atoms with Gasteiger partial charge in [0, 0.05) is 25.3 Å². The van der Waals surface area contributed by atoms with E-state index in [0.717, 1.165) is 12.2 Å². The van der Waals surface area contributed by atoms with E-state index >= 15 is 0 Å². The van der Waals surface area contributed by atoms with Gasteiger partial charge in [0.1, 0.15) is 0 Å². The first-order chi connectivity index (χ1) is 11.3. The number of anilines is 1. The van der Waals surface area contributed by atoms with Crippen molar-refractivity contribution >= 4 is 21.5 Å². The number of carboxylic acids is 1. The summed E-state index contributed by atoms with van der Waals surface area (Å²) in [5, 5.41) is 8.81. The Morgan fingerprint density at radius 2 is 2.04 bits per heavy atom. The molecule has 1 aromatic carbocycles. The van der Waals surface area contributed by atoms with Crippen molar-refractivity contribution in [2.24, 2.45) is 0 Å². The number of ether oxygens (including phenoxy) is 1. The Labute approximate surface area is 142 Å². The lowest BCUT2D eigenvalue weighted by molar-refractivity contribution is -0.138. The highest BCUT2D eigenvalue weighted by Gasteiger charge is 2.23. The molecular weight excluding hydrogens is 332 g/mol. The molecule has 0 saturated carbocycles. The van der Waals surface area contributed by atoms with Crippen molar-refractivity contribution in [2.45, 2.75) is 17.9 Å². The standard InChI is InChI=1S/C16H24N2O5S/c1-3-24(21,22)15-6-4-13(5-7-15)18-8-9-23-14(11-18)10-17(2)12-16(19)20/h4-7,14H,3,8-12H2,1-2H3,(H,19,20).